The maximum absolute atomic E-state index is 15.2. The van der Waals surface area contributed by atoms with Crippen molar-refractivity contribution in [3.8, 4) is 11.5 Å². The molecule has 0 radical (unpaired) electrons. The number of para-hydroxylation sites is 1. The number of aliphatic hydroxyl groups is 2. The summed E-state index contributed by atoms with van der Waals surface area (Å²) in [5, 5.41) is 19.1. The van der Waals surface area contributed by atoms with Gasteiger partial charge in [0.25, 0.3) is 0 Å². The van der Waals surface area contributed by atoms with Gasteiger partial charge in [0.1, 0.15) is 29.5 Å². The van der Waals surface area contributed by atoms with Crippen LogP contribution in [0.2, 0.25) is 0 Å². The van der Waals surface area contributed by atoms with Crippen LogP contribution in [0.4, 0.5) is 4.39 Å². The summed E-state index contributed by atoms with van der Waals surface area (Å²) in [6.07, 6.45) is -1.23. The molecule has 0 spiro atoms. The number of halogens is 1. The van der Waals surface area contributed by atoms with Gasteiger partial charge in [0, 0.05) is 12.0 Å². The standard InChI is InChI=1S/C25H25FO5/c1-16-21(13-19(28)14-27)23(26)17(2)22(25(29)31-20-11-7-4-8-12-20)24(16)30-15-18-9-5-3-6-10-18/h3-12,19,27-28H,13-15H2,1-2H3. The lowest BCUT2D eigenvalue weighted by atomic mass is 9.93. The van der Waals surface area contributed by atoms with Gasteiger partial charge in [-0.2, -0.15) is 0 Å². The van der Waals surface area contributed by atoms with Crippen LogP contribution in [0, 0.1) is 19.7 Å². The molecule has 5 nitrogen and oxygen atoms in total. The van der Waals surface area contributed by atoms with E-state index in [9.17, 15) is 15.0 Å². The summed E-state index contributed by atoms with van der Waals surface area (Å²) in [6, 6.07) is 17.9. The summed E-state index contributed by atoms with van der Waals surface area (Å²) < 4.78 is 26.6. The zero-order valence-electron chi connectivity index (χ0n) is 17.5. The molecule has 1 atom stereocenters. The molecule has 3 aromatic carbocycles. The predicted octanol–water partition coefficient (Wildman–Crippen LogP) is 4.14. The average Bonchev–Trinajstić information content (AvgIpc) is 2.79. The number of esters is 1. The average molecular weight is 424 g/mol. The van der Waals surface area contributed by atoms with Gasteiger partial charge in [-0.3, -0.25) is 0 Å². The second-order valence-electron chi connectivity index (χ2n) is 7.26. The molecule has 3 aromatic rings. The van der Waals surface area contributed by atoms with E-state index < -0.39 is 24.5 Å². The number of carbonyl (C=O) groups is 1. The van der Waals surface area contributed by atoms with E-state index >= 15 is 4.39 Å². The first-order valence-electron chi connectivity index (χ1n) is 9.96. The summed E-state index contributed by atoms with van der Waals surface area (Å²) in [6.45, 7) is 2.76. The highest BCUT2D eigenvalue weighted by Crippen LogP contribution is 2.35. The molecule has 2 N–H and O–H groups in total. The van der Waals surface area contributed by atoms with Crippen LogP contribution in [0.25, 0.3) is 0 Å². The predicted molar refractivity (Wildman–Crippen MR) is 115 cm³/mol. The molecule has 3 rings (SSSR count). The molecule has 0 saturated carbocycles. The lowest BCUT2D eigenvalue weighted by Crippen LogP contribution is -2.20. The van der Waals surface area contributed by atoms with Gasteiger partial charge in [0.05, 0.1) is 12.7 Å². The summed E-state index contributed by atoms with van der Waals surface area (Å²) >= 11 is 0. The van der Waals surface area contributed by atoms with Crippen molar-refractivity contribution >= 4 is 5.97 Å². The molecule has 0 aliphatic heterocycles. The Hall–Kier alpha value is -3.22. The van der Waals surface area contributed by atoms with Crippen LogP contribution in [-0.2, 0) is 13.0 Å². The number of hydrogen-bond donors (Lipinski definition) is 2. The fourth-order valence-electron chi connectivity index (χ4n) is 3.34. The van der Waals surface area contributed by atoms with Crippen LogP contribution in [0.3, 0.4) is 0 Å². The Morgan fingerprint density at radius 1 is 1.00 bits per heavy atom. The Balaban J connectivity index is 2.04. The van der Waals surface area contributed by atoms with Crippen molar-refractivity contribution in [1.82, 2.24) is 0 Å². The third kappa shape index (κ3) is 5.29. The van der Waals surface area contributed by atoms with Crippen LogP contribution in [0.1, 0.15) is 32.6 Å². The molecule has 0 amide bonds. The minimum absolute atomic E-state index is 0.00276. The number of aliphatic hydroxyl groups excluding tert-OH is 2. The normalized spacial score (nSPS) is 11.8. The highest BCUT2D eigenvalue weighted by molar-refractivity contribution is 5.96. The number of carbonyl (C=O) groups excluding carboxylic acids is 1. The summed E-state index contributed by atoms with van der Waals surface area (Å²) in [4.78, 5) is 13.0. The van der Waals surface area contributed by atoms with E-state index in [1.165, 1.54) is 6.92 Å². The van der Waals surface area contributed by atoms with Crippen LogP contribution < -0.4 is 9.47 Å². The molecule has 1 unspecified atom stereocenters. The largest absolute Gasteiger partial charge is 0.488 e. The molecule has 6 heteroatoms. The first-order valence-corrected chi connectivity index (χ1v) is 9.96. The summed E-state index contributed by atoms with van der Waals surface area (Å²) in [7, 11) is 0. The van der Waals surface area contributed by atoms with Gasteiger partial charge in [-0.1, -0.05) is 48.5 Å². The van der Waals surface area contributed by atoms with E-state index in [1.807, 2.05) is 30.3 Å². The molecule has 0 heterocycles. The topological polar surface area (TPSA) is 76.0 Å². The third-order valence-electron chi connectivity index (χ3n) is 5.02. The van der Waals surface area contributed by atoms with Crippen molar-refractivity contribution in [2.75, 3.05) is 6.61 Å². The number of rotatable bonds is 8. The lowest BCUT2D eigenvalue weighted by molar-refractivity contribution is 0.0727. The van der Waals surface area contributed by atoms with Gasteiger partial charge < -0.3 is 19.7 Å². The second-order valence-corrected chi connectivity index (χ2v) is 7.26. The van der Waals surface area contributed by atoms with E-state index in [2.05, 4.69) is 0 Å². The smallest absolute Gasteiger partial charge is 0.347 e. The molecular formula is C25H25FO5. The van der Waals surface area contributed by atoms with Crippen molar-refractivity contribution < 1.29 is 28.9 Å². The Labute approximate surface area is 180 Å². The van der Waals surface area contributed by atoms with E-state index in [-0.39, 0.29) is 35.5 Å². The Bertz CT molecular complexity index is 1040. The molecule has 31 heavy (non-hydrogen) atoms. The maximum Gasteiger partial charge on any atom is 0.347 e. The molecule has 0 aliphatic carbocycles. The Morgan fingerprint density at radius 3 is 2.23 bits per heavy atom. The van der Waals surface area contributed by atoms with Gasteiger partial charge in [0.15, 0.2) is 0 Å². The molecule has 0 fully saturated rings. The van der Waals surface area contributed by atoms with Gasteiger partial charge >= 0.3 is 5.97 Å². The number of hydrogen-bond acceptors (Lipinski definition) is 5. The van der Waals surface area contributed by atoms with E-state index in [1.54, 1.807) is 37.3 Å². The van der Waals surface area contributed by atoms with Gasteiger partial charge in [-0.15, -0.1) is 0 Å². The zero-order chi connectivity index (χ0) is 22.4. The minimum Gasteiger partial charge on any atom is -0.488 e. The molecule has 0 aliphatic rings. The quantitative estimate of drug-likeness (QED) is 0.420. The highest BCUT2D eigenvalue weighted by atomic mass is 19.1. The first-order chi connectivity index (χ1) is 14.9. The van der Waals surface area contributed by atoms with Crippen molar-refractivity contribution in [1.29, 1.82) is 0 Å². The molecule has 162 valence electrons. The van der Waals surface area contributed by atoms with Crippen molar-refractivity contribution in [2.45, 2.75) is 33.0 Å². The van der Waals surface area contributed by atoms with Crippen LogP contribution >= 0.6 is 0 Å². The first kappa shape index (κ1) is 22.5. The van der Waals surface area contributed by atoms with E-state index in [0.717, 1.165) is 5.56 Å². The fraction of sp³-hybridized carbons (Fsp3) is 0.240. The second kappa shape index (κ2) is 10.2. The van der Waals surface area contributed by atoms with Gasteiger partial charge in [0.2, 0.25) is 0 Å². The maximum atomic E-state index is 15.2. The monoisotopic (exact) mass is 424 g/mol. The van der Waals surface area contributed by atoms with Crippen molar-refractivity contribution in [3.63, 3.8) is 0 Å². The lowest BCUT2D eigenvalue weighted by Gasteiger charge is -2.21. The highest BCUT2D eigenvalue weighted by Gasteiger charge is 2.27. The number of benzene rings is 3. The number of ether oxygens (including phenoxy) is 2. The van der Waals surface area contributed by atoms with Crippen molar-refractivity contribution in [3.05, 3.63) is 94.3 Å². The van der Waals surface area contributed by atoms with Crippen LogP contribution in [-0.4, -0.2) is 28.9 Å². The fourth-order valence-corrected chi connectivity index (χ4v) is 3.34. The molecular weight excluding hydrogens is 399 g/mol. The van der Waals surface area contributed by atoms with E-state index in [0.29, 0.717) is 11.3 Å². The van der Waals surface area contributed by atoms with Crippen molar-refractivity contribution in [2.24, 2.45) is 0 Å². The SMILES string of the molecule is Cc1c(CC(O)CO)c(F)c(C)c(C(=O)Oc2ccccc2)c1OCc1ccccc1. The van der Waals surface area contributed by atoms with Gasteiger partial charge in [-0.05, 0) is 42.7 Å². The molecule has 0 bridgehead atoms. The Morgan fingerprint density at radius 2 is 1.61 bits per heavy atom. The molecule has 0 saturated heterocycles. The van der Waals surface area contributed by atoms with Crippen LogP contribution in [0.5, 0.6) is 11.5 Å². The van der Waals surface area contributed by atoms with E-state index in [4.69, 9.17) is 9.47 Å². The third-order valence-corrected chi connectivity index (χ3v) is 5.02. The molecule has 0 aromatic heterocycles. The minimum atomic E-state index is -1.13. The summed E-state index contributed by atoms with van der Waals surface area (Å²) in [5.41, 5.74) is 1.51. The zero-order valence-corrected chi connectivity index (χ0v) is 17.5. The summed E-state index contributed by atoms with van der Waals surface area (Å²) in [5.74, 6) is -0.831. The Kier molecular flexibility index (Phi) is 7.39. The van der Waals surface area contributed by atoms with Gasteiger partial charge in [-0.25, -0.2) is 9.18 Å². The van der Waals surface area contributed by atoms with Crippen LogP contribution in [0.15, 0.2) is 60.7 Å².